The lowest BCUT2D eigenvalue weighted by Gasteiger charge is -2.29. The van der Waals surface area contributed by atoms with E-state index in [1.54, 1.807) is 0 Å². The van der Waals surface area contributed by atoms with Crippen molar-refractivity contribution < 1.29 is 9.53 Å². The molecule has 2 aliphatic carbocycles. The minimum absolute atomic E-state index is 0.232. The molecule has 1 aromatic heterocycles. The van der Waals surface area contributed by atoms with Gasteiger partial charge in [-0.3, -0.25) is 9.36 Å². The van der Waals surface area contributed by atoms with Gasteiger partial charge in [-0.25, -0.2) is 0 Å². The minimum atomic E-state index is 0.232. The molecule has 1 heterocycles. The second-order valence-electron chi connectivity index (χ2n) is 9.34. The van der Waals surface area contributed by atoms with Crippen LogP contribution in [0.1, 0.15) is 55.5 Å². The van der Waals surface area contributed by atoms with Crippen LogP contribution in [-0.4, -0.2) is 43.4 Å². The Morgan fingerprint density at radius 2 is 1.65 bits per heavy atom. The van der Waals surface area contributed by atoms with E-state index in [2.05, 4.69) is 15.1 Å². The molecule has 0 unspecified atom stereocenters. The standard InChI is InChI=1S/C27H32N4O2S/c1-19-9-8-10-20(2)26(19)33-17-24-28-29-27(31(24)22-11-4-3-5-12-22)34-18-25(32)30(23-15-16-23)21-13-6-7-14-21/h3-5,8-12,21,23H,6-7,13-18H2,1-2H3. The number of thioether (sulfide) groups is 1. The van der Waals surface area contributed by atoms with Crippen LogP contribution in [0.5, 0.6) is 5.75 Å². The molecule has 7 heteroatoms. The summed E-state index contributed by atoms with van der Waals surface area (Å²) in [6.45, 7) is 4.40. The fourth-order valence-corrected chi connectivity index (χ4v) is 5.77. The van der Waals surface area contributed by atoms with Crippen LogP contribution in [-0.2, 0) is 11.4 Å². The number of hydrogen-bond donors (Lipinski definition) is 0. The first kappa shape index (κ1) is 23.0. The Bertz CT molecular complexity index is 1120. The van der Waals surface area contributed by atoms with Crippen molar-refractivity contribution in [1.29, 1.82) is 0 Å². The van der Waals surface area contributed by atoms with Gasteiger partial charge in [-0.15, -0.1) is 10.2 Å². The van der Waals surface area contributed by atoms with Gasteiger partial charge >= 0.3 is 0 Å². The lowest BCUT2D eigenvalue weighted by molar-refractivity contribution is -0.131. The lowest BCUT2D eigenvalue weighted by Crippen LogP contribution is -2.41. The second kappa shape index (κ2) is 10.2. The van der Waals surface area contributed by atoms with Crippen molar-refractivity contribution in [1.82, 2.24) is 19.7 Å². The highest BCUT2D eigenvalue weighted by Gasteiger charge is 2.38. The smallest absolute Gasteiger partial charge is 0.233 e. The van der Waals surface area contributed by atoms with Gasteiger partial charge < -0.3 is 9.64 Å². The van der Waals surface area contributed by atoms with Gasteiger partial charge in [-0.05, 0) is 62.8 Å². The summed E-state index contributed by atoms with van der Waals surface area (Å²) >= 11 is 1.47. The van der Waals surface area contributed by atoms with Gasteiger partial charge in [0.25, 0.3) is 0 Å². The molecule has 178 valence electrons. The van der Waals surface area contributed by atoms with Crippen LogP contribution in [0.2, 0.25) is 0 Å². The quantitative estimate of drug-likeness (QED) is 0.382. The molecule has 0 aliphatic heterocycles. The zero-order valence-corrected chi connectivity index (χ0v) is 20.8. The lowest BCUT2D eigenvalue weighted by atomic mass is 10.1. The van der Waals surface area contributed by atoms with Crippen molar-refractivity contribution >= 4 is 17.7 Å². The number of benzene rings is 2. The number of carbonyl (C=O) groups excluding carboxylic acids is 1. The highest BCUT2D eigenvalue weighted by atomic mass is 32.2. The molecule has 1 amide bonds. The maximum atomic E-state index is 13.2. The van der Waals surface area contributed by atoms with E-state index in [9.17, 15) is 4.79 Å². The summed E-state index contributed by atoms with van der Waals surface area (Å²) < 4.78 is 8.21. The van der Waals surface area contributed by atoms with Crippen LogP contribution < -0.4 is 4.74 Å². The van der Waals surface area contributed by atoms with Gasteiger partial charge in [-0.2, -0.15) is 0 Å². The van der Waals surface area contributed by atoms with Gasteiger partial charge in [0, 0.05) is 17.8 Å². The van der Waals surface area contributed by atoms with E-state index in [1.807, 2.05) is 66.9 Å². The highest BCUT2D eigenvalue weighted by Crippen LogP contribution is 2.35. The molecule has 0 bridgehead atoms. The van der Waals surface area contributed by atoms with E-state index in [0.29, 0.717) is 24.4 Å². The molecule has 2 aromatic carbocycles. The highest BCUT2D eigenvalue weighted by molar-refractivity contribution is 7.99. The molecule has 0 spiro atoms. The summed E-state index contributed by atoms with van der Waals surface area (Å²) in [5, 5.41) is 9.64. The first-order chi connectivity index (χ1) is 16.6. The number of aromatic nitrogens is 3. The Kier molecular flexibility index (Phi) is 6.90. The van der Waals surface area contributed by atoms with Crippen LogP contribution in [0.25, 0.3) is 5.69 Å². The third-order valence-electron chi connectivity index (χ3n) is 6.74. The average Bonchev–Trinajstić information content (AvgIpc) is 3.36. The number of carbonyl (C=O) groups is 1. The van der Waals surface area contributed by atoms with Gasteiger partial charge in [0.15, 0.2) is 11.0 Å². The molecular formula is C27H32N4O2S. The van der Waals surface area contributed by atoms with Crippen molar-refractivity contribution in [3.05, 3.63) is 65.5 Å². The number of hydrogen-bond acceptors (Lipinski definition) is 5. The van der Waals surface area contributed by atoms with Crippen LogP contribution in [0, 0.1) is 13.8 Å². The summed E-state index contributed by atoms with van der Waals surface area (Å²) in [6, 6.07) is 17.1. The molecule has 0 atom stereocenters. The molecule has 2 fully saturated rings. The third kappa shape index (κ3) is 4.99. The van der Waals surface area contributed by atoms with Crippen molar-refractivity contribution in [3.8, 4) is 11.4 Å². The van der Waals surface area contributed by atoms with E-state index in [4.69, 9.17) is 4.74 Å². The topological polar surface area (TPSA) is 60.3 Å². The predicted molar refractivity (Wildman–Crippen MR) is 134 cm³/mol. The summed E-state index contributed by atoms with van der Waals surface area (Å²) in [4.78, 5) is 15.4. The summed E-state index contributed by atoms with van der Waals surface area (Å²) in [6.07, 6.45) is 7.06. The molecule has 3 aromatic rings. The fraction of sp³-hybridized carbons (Fsp3) is 0.444. The molecular weight excluding hydrogens is 444 g/mol. The molecule has 0 saturated heterocycles. The summed E-state index contributed by atoms with van der Waals surface area (Å²) in [5.74, 6) is 2.22. The first-order valence-corrected chi connectivity index (χ1v) is 13.2. The van der Waals surface area contributed by atoms with Crippen molar-refractivity contribution in [2.45, 2.75) is 76.2 Å². The van der Waals surface area contributed by atoms with Crippen molar-refractivity contribution in [2.24, 2.45) is 0 Å². The zero-order valence-electron chi connectivity index (χ0n) is 19.9. The van der Waals surface area contributed by atoms with Crippen molar-refractivity contribution in [3.63, 3.8) is 0 Å². The Morgan fingerprint density at radius 3 is 2.32 bits per heavy atom. The Morgan fingerprint density at radius 1 is 0.971 bits per heavy atom. The fourth-order valence-electron chi connectivity index (χ4n) is 4.93. The molecule has 0 N–H and O–H groups in total. The predicted octanol–water partition coefficient (Wildman–Crippen LogP) is 5.49. The maximum absolute atomic E-state index is 13.2. The van der Waals surface area contributed by atoms with Gasteiger partial charge in [0.05, 0.1) is 5.75 Å². The Labute approximate surface area is 205 Å². The zero-order chi connectivity index (χ0) is 23.5. The normalized spacial score (nSPS) is 16.1. The van der Waals surface area contributed by atoms with E-state index in [1.165, 1.54) is 24.6 Å². The van der Waals surface area contributed by atoms with Crippen molar-refractivity contribution in [2.75, 3.05) is 5.75 Å². The Balaban J connectivity index is 1.35. The number of nitrogens with zero attached hydrogens (tertiary/aromatic N) is 4. The first-order valence-electron chi connectivity index (χ1n) is 12.2. The van der Waals surface area contributed by atoms with Crippen LogP contribution >= 0.6 is 11.8 Å². The largest absolute Gasteiger partial charge is 0.485 e. The molecule has 2 saturated carbocycles. The van der Waals surface area contributed by atoms with E-state index >= 15 is 0 Å². The van der Waals surface area contributed by atoms with E-state index in [-0.39, 0.29) is 5.91 Å². The van der Waals surface area contributed by atoms with Crippen LogP contribution in [0.15, 0.2) is 53.7 Å². The number of para-hydroxylation sites is 2. The average molecular weight is 477 g/mol. The van der Waals surface area contributed by atoms with Crippen LogP contribution in [0.3, 0.4) is 0 Å². The van der Waals surface area contributed by atoms with Crippen LogP contribution in [0.4, 0.5) is 0 Å². The number of amides is 1. The molecule has 0 radical (unpaired) electrons. The second-order valence-corrected chi connectivity index (χ2v) is 10.3. The molecule has 5 rings (SSSR count). The van der Waals surface area contributed by atoms with E-state index < -0.39 is 0 Å². The molecule has 34 heavy (non-hydrogen) atoms. The number of ether oxygens (including phenoxy) is 1. The maximum Gasteiger partial charge on any atom is 0.233 e. The minimum Gasteiger partial charge on any atom is -0.485 e. The monoisotopic (exact) mass is 476 g/mol. The van der Waals surface area contributed by atoms with Gasteiger partial charge in [-0.1, -0.05) is 61.0 Å². The SMILES string of the molecule is Cc1cccc(C)c1OCc1nnc(SCC(=O)N(C2CCCC2)C2CC2)n1-c1ccccc1. The van der Waals surface area contributed by atoms with Gasteiger partial charge in [0.1, 0.15) is 12.4 Å². The summed E-state index contributed by atoms with van der Waals surface area (Å²) in [5.41, 5.74) is 3.16. The number of aryl methyl sites for hydroxylation is 2. The number of rotatable bonds is 9. The third-order valence-corrected chi connectivity index (χ3v) is 7.65. The van der Waals surface area contributed by atoms with E-state index in [0.717, 1.165) is 59.2 Å². The van der Waals surface area contributed by atoms with Gasteiger partial charge in [0.2, 0.25) is 5.91 Å². The molecule has 6 nitrogen and oxygen atoms in total. The Hall–Kier alpha value is -2.80. The molecule has 2 aliphatic rings. The summed E-state index contributed by atoms with van der Waals surface area (Å²) in [7, 11) is 0.